The van der Waals surface area contributed by atoms with Crippen molar-refractivity contribution >= 4 is 23.4 Å². The van der Waals surface area contributed by atoms with E-state index in [4.69, 9.17) is 9.47 Å². The molecule has 1 N–H and O–H groups in total. The van der Waals surface area contributed by atoms with E-state index in [0.717, 1.165) is 11.3 Å². The highest BCUT2D eigenvalue weighted by atomic mass is 32.2. The van der Waals surface area contributed by atoms with E-state index < -0.39 is 0 Å². The molecule has 1 aromatic rings. The second-order valence-corrected chi connectivity index (χ2v) is 7.27. The van der Waals surface area contributed by atoms with Crippen LogP contribution in [0.15, 0.2) is 12.1 Å². The Kier molecular flexibility index (Phi) is 5.74. The molecule has 0 heterocycles. The molecule has 0 aliphatic rings. The fraction of sp³-hybridized carbons (Fsp3) is 0.533. The van der Waals surface area contributed by atoms with E-state index in [9.17, 15) is 4.79 Å². The molecular weight excluding hydrogens is 274 g/mol. The molecule has 0 spiro atoms. The predicted octanol–water partition coefficient (Wildman–Crippen LogP) is 3.48. The van der Waals surface area contributed by atoms with Crippen LogP contribution in [0.2, 0.25) is 0 Å². The third-order valence-corrected chi connectivity index (χ3v) is 3.91. The minimum Gasteiger partial charge on any atom is -0.493 e. The maximum absolute atomic E-state index is 12.0. The Bertz CT molecular complexity index is 481. The van der Waals surface area contributed by atoms with Gasteiger partial charge in [0.05, 0.1) is 20.0 Å². The van der Waals surface area contributed by atoms with Crippen molar-refractivity contribution in [2.75, 3.05) is 25.3 Å². The zero-order chi connectivity index (χ0) is 15.3. The number of hydrogen-bond acceptors (Lipinski definition) is 4. The van der Waals surface area contributed by atoms with Gasteiger partial charge in [-0.05, 0) is 18.6 Å². The Balaban J connectivity index is 2.79. The first-order valence-corrected chi connectivity index (χ1v) is 7.42. The van der Waals surface area contributed by atoms with Gasteiger partial charge in [0.2, 0.25) is 5.91 Å². The van der Waals surface area contributed by atoms with Crippen LogP contribution in [0.4, 0.5) is 5.69 Å². The van der Waals surface area contributed by atoms with Crippen LogP contribution in [0.5, 0.6) is 11.5 Å². The highest BCUT2D eigenvalue weighted by Crippen LogP contribution is 2.33. The molecule has 5 heteroatoms. The standard InChI is InChI=1S/C15H23NO3S/c1-10-7-12(18-5)13(19-6)8-11(10)16-14(17)9-20-15(2,3)4/h7-8H,9H2,1-6H3,(H,16,17). The molecule has 112 valence electrons. The van der Waals surface area contributed by atoms with Crippen molar-refractivity contribution in [2.24, 2.45) is 0 Å². The molecule has 0 aliphatic carbocycles. The van der Waals surface area contributed by atoms with Gasteiger partial charge in [-0.3, -0.25) is 4.79 Å². The lowest BCUT2D eigenvalue weighted by Gasteiger charge is -2.18. The number of amides is 1. The minimum absolute atomic E-state index is 0.0137. The van der Waals surface area contributed by atoms with Crippen LogP contribution in [0.1, 0.15) is 26.3 Å². The first-order valence-electron chi connectivity index (χ1n) is 6.43. The van der Waals surface area contributed by atoms with Crippen LogP contribution in [-0.4, -0.2) is 30.6 Å². The van der Waals surface area contributed by atoms with Gasteiger partial charge in [0.25, 0.3) is 0 Å². The molecule has 0 radical (unpaired) electrons. The third kappa shape index (κ3) is 4.96. The average molecular weight is 297 g/mol. The minimum atomic E-state index is -0.0137. The lowest BCUT2D eigenvalue weighted by atomic mass is 10.1. The summed E-state index contributed by atoms with van der Waals surface area (Å²) < 4.78 is 10.5. The number of methoxy groups -OCH3 is 2. The lowest BCUT2D eigenvalue weighted by molar-refractivity contribution is -0.113. The lowest BCUT2D eigenvalue weighted by Crippen LogP contribution is -2.19. The van der Waals surface area contributed by atoms with Crippen LogP contribution in [0, 0.1) is 6.92 Å². The van der Waals surface area contributed by atoms with E-state index >= 15 is 0 Å². The zero-order valence-corrected chi connectivity index (χ0v) is 13.8. The van der Waals surface area contributed by atoms with E-state index in [1.807, 2.05) is 13.0 Å². The van der Waals surface area contributed by atoms with Gasteiger partial charge in [0.15, 0.2) is 11.5 Å². The van der Waals surface area contributed by atoms with Gasteiger partial charge in [-0.15, -0.1) is 11.8 Å². The van der Waals surface area contributed by atoms with Crippen LogP contribution >= 0.6 is 11.8 Å². The molecule has 0 fully saturated rings. The molecule has 0 aliphatic heterocycles. The van der Waals surface area contributed by atoms with Crippen molar-refractivity contribution in [3.63, 3.8) is 0 Å². The Morgan fingerprint density at radius 3 is 2.25 bits per heavy atom. The van der Waals surface area contributed by atoms with Gasteiger partial charge in [0, 0.05) is 16.5 Å². The highest BCUT2D eigenvalue weighted by Gasteiger charge is 2.15. The molecule has 0 atom stereocenters. The molecule has 1 amide bonds. The van der Waals surface area contributed by atoms with Crippen molar-refractivity contribution in [1.29, 1.82) is 0 Å². The third-order valence-electron chi connectivity index (χ3n) is 2.64. The van der Waals surface area contributed by atoms with E-state index in [1.54, 1.807) is 32.0 Å². The van der Waals surface area contributed by atoms with Crippen molar-refractivity contribution in [3.8, 4) is 11.5 Å². The van der Waals surface area contributed by atoms with Crippen LogP contribution in [-0.2, 0) is 4.79 Å². The van der Waals surface area contributed by atoms with Crippen molar-refractivity contribution in [3.05, 3.63) is 17.7 Å². The van der Waals surface area contributed by atoms with Crippen molar-refractivity contribution in [1.82, 2.24) is 0 Å². The first-order chi connectivity index (χ1) is 9.26. The SMILES string of the molecule is COc1cc(C)c(NC(=O)CSC(C)(C)C)cc1OC. The normalized spacial score (nSPS) is 11.1. The summed E-state index contributed by atoms with van der Waals surface area (Å²) in [5, 5.41) is 2.91. The highest BCUT2D eigenvalue weighted by molar-refractivity contribution is 8.01. The Morgan fingerprint density at radius 2 is 1.75 bits per heavy atom. The number of benzene rings is 1. The summed E-state index contributed by atoms with van der Waals surface area (Å²) in [7, 11) is 3.17. The zero-order valence-electron chi connectivity index (χ0n) is 13.0. The summed E-state index contributed by atoms with van der Waals surface area (Å²) in [4.78, 5) is 12.0. The number of nitrogens with one attached hydrogen (secondary N) is 1. The second-order valence-electron chi connectivity index (χ2n) is 5.47. The Labute approximate surface area is 125 Å². The van der Waals surface area contributed by atoms with Gasteiger partial charge in [-0.2, -0.15) is 0 Å². The predicted molar refractivity (Wildman–Crippen MR) is 85.1 cm³/mol. The van der Waals surface area contributed by atoms with Gasteiger partial charge < -0.3 is 14.8 Å². The Morgan fingerprint density at radius 1 is 1.20 bits per heavy atom. The largest absolute Gasteiger partial charge is 0.493 e. The van der Waals surface area contributed by atoms with E-state index in [-0.39, 0.29) is 10.7 Å². The maximum Gasteiger partial charge on any atom is 0.234 e. The summed E-state index contributed by atoms with van der Waals surface area (Å²) in [6, 6.07) is 3.64. The quantitative estimate of drug-likeness (QED) is 0.904. The number of ether oxygens (including phenoxy) is 2. The summed E-state index contributed by atoms with van der Waals surface area (Å²) in [6.07, 6.45) is 0. The summed E-state index contributed by atoms with van der Waals surface area (Å²) in [5.74, 6) is 1.68. The van der Waals surface area contributed by atoms with Gasteiger partial charge in [-0.25, -0.2) is 0 Å². The average Bonchev–Trinajstić information content (AvgIpc) is 2.37. The Hall–Kier alpha value is -1.36. The second kappa shape index (κ2) is 6.88. The maximum atomic E-state index is 12.0. The molecule has 20 heavy (non-hydrogen) atoms. The number of thioether (sulfide) groups is 1. The summed E-state index contributed by atoms with van der Waals surface area (Å²) in [5.41, 5.74) is 1.69. The van der Waals surface area contributed by atoms with E-state index in [0.29, 0.717) is 17.3 Å². The smallest absolute Gasteiger partial charge is 0.234 e. The fourth-order valence-electron chi connectivity index (χ4n) is 1.58. The topological polar surface area (TPSA) is 47.6 Å². The fourth-order valence-corrected chi connectivity index (χ4v) is 2.22. The number of anilines is 1. The molecule has 4 nitrogen and oxygen atoms in total. The van der Waals surface area contributed by atoms with Crippen LogP contribution in [0.3, 0.4) is 0 Å². The first kappa shape index (κ1) is 16.7. The molecule has 0 aromatic heterocycles. The molecule has 0 unspecified atom stereocenters. The van der Waals surface area contributed by atoms with Gasteiger partial charge in [-0.1, -0.05) is 20.8 Å². The van der Waals surface area contributed by atoms with Crippen molar-refractivity contribution in [2.45, 2.75) is 32.4 Å². The number of carbonyl (C=O) groups excluding carboxylic acids is 1. The van der Waals surface area contributed by atoms with E-state index in [1.165, 1.54) is 0 Å². The number of carbonyl (C=O) groups is 1. The monoisotopic (exact) mass is 297 g/mol. The van der Waals surface area contributed by atoms with Crippen LogP contribution < -0.4 is 14.8 Å². The summed E-state index contributed by atoms with van der Waals surface area (Å²) in [6.45, 7) is 8.19. The van der Waals surface area contributed by atoms with E-state index in [2.05, 4.69) is 26.1 Å². The molecule has 1 aromatic carbocycles. The number of hydrogen-bond donors (Lipinski definition) is 1. The van der Waals surface area contributed by atoms with Gasteiger partial charge >= 0.3 is 0 Å². The van der Waals surface area contributed by atoms with Crippen LogP contribution in [0.25, 0.3) is 0 Å². The van der Waals surface area contributed by atoms with Crippen molar-refractivity contribution < 1.29 is 14.3 Å². The molecule has 0 bridgehead atoms. The molecule has 0 saturated carbocycles. The summed E-state index contributed by atoms with van der Waals surface area (Å²) >= 11 is 1.62. The molecular formula is C15H23NO3S. The van der Waals surface area contributed by atoms with Gasteiger partial charge in [0.1, 0.15) is 0 Å². The molecule has 1 rings (SSSR count). The number of rotatable bonds is 5. The number of aryl methyl sites for hydroxylation is 1. The molecule has 0 saturated heterocycles.